The molecule has 126 valence electrons. The van der Waals surface area contributed by atoms with Crippen molar-refractivity contribution >= 4 is 0 Å². The lowest BCUT2D eigenvalue weighted by molar-refractivity contribution is 0.247. The molecule has 0 bridgehead atoms. The molecule has 0 N–H and O–H groups in total. The highest BCUT2D eigenvalue weighted by Crippen LogP contribution is 2.38. The summed E-state index contributed by atoms with van der Waals surface area (Å²) in [5.74, 6) is 1.80. The number of hydrogen-bond donors (Lipinski definition) is 0. The van der Waals surface area contributed by atoms with Crippen LogP contribution in [-0.2, 0) is 6.54 Å². The highest BCUT2D eigenvalue weighted by Gasteiger charge is 2.27. The molecule has 0 radical (unpaired) electrons. The highest BCUT2D eigenvalue weighted by atomic mass is 16.5. The van der Waals surface area contributed by atoms with Crippen LogP contribution in [0, 0.1) is 6.92 Å². The molecular formula is C21H25NO2. The van der Waals surface area contributed by atoms with E-state index in [4.69, 9.17) is 9.47 Å². The number of rotatable bonds is 3. The van der Waals surface area contributed by atoms with Crippen molar-refractivity contribution in [3.8, 4) is 11.5 Å². The molecule has 0 unspecified atom stereocenters. The van der Waals surface area contributed by atoms with Crippen molar-refractivity contribution in [3.05, 3.63) is 59.2 Å². The van der Waals surface area contributed by atoms with E-state index >= 15 is 0 Å². The molecule has 4 rings (SSSR count). The normalized spacial score (nSPS) is 20.8. The Kier molecular flexibility index (Phi) is 4.44. The zero-order chi connectivity index (χ0) is 16.4. The molecular weight excluding hydrogens is 298 g/mol. The second-order valence-electron chi connectivity index (χ2n) is 6.81. The van der Waals surface area contributed by atoms with E-state index in [1.165, 1.54) is 29.5 Å². The maximum absolute atomic E-state index is 5.88. The lowest BCUT2D eigenvalue weighted by Gasteiger charge is -2.26. The first-order valence-electron chi connectivity index (χ1n) is 8.99. The molecule has 0 amide bonds. The average Bonchev–Trinajstić information content (AvgIpc) is 2.93. The Morgan fingerprint density at radius 1 is 1.00 bits per heavy atom. The van der Waals surface area contributed by atoms with Crippen molar-refractivity contribution in [2.75, 3.05) is 19.8 Å². The largest absolute Gasteiger partial charge is 0.490 e. The number of hydrogen-bond acceptors (Lipinski definition) is 3. The molecule has 3 heteroatoms. The minimum Gasteiger partial charge on any atom is -0.490 e. The molecule has 1 atom stereocenters. The van der Waals surface area contributed by atoms with Crippen LogP contribution in [0.1, 0.15) is 42.0 Å². The number of likely N-dealkylation sites (tertiary alicyclic amines) is 1. The van der Waals surface area contributed by atoms with E-state index in [0.717, 1.165) is 44.2 Å². The zero-order valence-electron chi connectivity index (χ0n) is 14.3. The van der Waals surface area contributed by atoms with Gasteiger partial charge in [0.05, 0.1) is 13.2 Å². The van der Waals surface area contributed by atoms with E-state index in [9.17, 15) is 0 Å². The molecule has 3 nitrogen and oxygen atoms in total. The molecule has 24 heavy (non-hydrogen) atoms. The van der Waals surface area contributed by atoms with Gasteiger partial charge in [-0.25, -0.2) is 0 Å². The summed E-state index contributed by atoms with van der Waals surface area (Å²) >= 11 is 0. The maximum atomic E-state index is 5.88. The van der Waals surface area contributed by atoms with E-state index in [1.54, 1.807) is 0 Å². The average molecular weight is 323 g/mol. The van der Waals surface area contributed by atoms with Gasteiger partial charge in [0, 0.05) is 19.0 Å². The molecule has 1 fully saturated rings. The van der Waals surface area contributed by atoms with Crippen LogP contribution >= 0.6 is 0 Å². The number of nitrogens with zero attached hydrogens (tertiary/aromatic N) is 1. The summed E-state index contributed by atoms with van der Waals surface area (Å²) in [5.41, 5.74) is 4.16. The molecule has 2 aliphatic rings. The van der Waals surface area contributed by atoms with Crippen LogP contribution in [-0.4, -0.2) is 24.7 Å². The Hall–Kier alpha value is -2.00. The van der Waals surface area contributed by atoms with Gasteiger partial charge in [0.15, 0.2) is 11.5 Å². The van der Waals surface area contributed by atoms with Gasteiger partial charge in [0.1, 0.15) is 0 Å². The van der Waals surface area contributed by atoms with E-state index in [2.05, 4.69) is 54.3 Å². The van der Waals surface area contributed by atoms with Gasteiger partial charge in [-0.2, -0.15) is 0 Å². The minimum atomic E-state index is 0.474. The van der Waals surface area contributed by atoms with E-state index < -0.39 is 0 Å². The Morgan fingerprint density at radius 2 is 1.83 bits per heavy atom. The summed E-state index contributed by atoms with van der Waals surface area (Å²) in [5, 5.41) is 0. The predicted molar refractivity (Wildman–Crippen MR) is 95.6 cm³/mol. The monoisotopic (exact) mass is 323 g/mol. The SMILES string of the molecule is Cc1ccccc1CN1CCC[C@H]1c1ccc2c(c1)OCCCO2. The molecule has 0 aliphatic carbocycles. The molecule has 0 saturated carbocycles. The fourth-order valence-electron chi connectivity index (χ4n) is 3.79. The molecule has 0 aromatic heterocycles. The van der Waals surface area contributed by atoms with Gasteiger partial charge < -0.3 is 9.47 Å². The second kappa shape index (κ2) is 6.86. The molecule has 0 spiro atoms. The summed E-state index contributed by atoms with van der Waals surface area (Å²) in [7, 11) is 0. The number of benzene rings is 2. The third-order valence-corrected chi connectivity index (χ3v) is 5.15. The van der Waals surface area contributed by atoms with Gasteiger partial charge in [-0.15, -0.1) is 0 Å². The van der Waals surface area contributed by atoms with Gasteiger partial charge >= 0.3 is 0 Å². The van der Waals surface area contributed by atoms with Gasteiger partial charge in [0.25, 0.3) is 0 Å². The fourth-order valence-corrected chi connectivity index (χ4v) is 3.79. The summed E-state index contributed by atoms with van der Waals surface area (Å²) in [4.78, 5) is 2.60. The topological polar surface area (TPSA) is 21.7 Å². The molecule has 2 aliphatic heterocycles. The van der Waals surface area contributed by atoms with Gasteiger partial charge in [0.2, 0.25) is 0 Å². The lowest BCUT2D eigenvalue weighted by Crippen LogP contribution is -2.23. The summed E-state index contributed by atoms with van der Waals surface area (Å²) < 4.78 is 11.6. The van der Waals surface area contributed by atoms with Gasteiger partial charge in [-0.1, -0.05) is 30.3 Å². The van der Waals surface area contributed by atoms with Crippen LogP contribution in [0.3, 0.4) is 0 Å². The van der Waals surface area contributed by atoms with Crippen LogP contribution in [0.2, 0.25) is 0 Å². The van der Waals surface area contributed by atoms with Crippen LogP contribution < -0.4 is 9.47 Å². The summed E-state index contributed by atoms with van der Waals surface area (Å²) in [6, 6.07) is 15.7. The van der Waals surface area contributed by atoms with Crippen molar-refractivity contribution in [2.45, 2.75) is 38.8 Å². The van der Waals surface area contributed by atoms with Crippen molar-refractivity contribution in [1.29, 1.82) is 0 Å². The smallest absolute Gasteiger partial charge is 0.161 e. The molecule has 1 saturated heterocycles. The first-order chi connectivity index (χ1) is 11.8. The molecule has 2 aromatic carbocycles. The Morgan fingerprint density at radius 3 is 2.71 bits per heavy atom. The van der Waals surface area contributed by atoms with Gasteiger partial charge in [-0.05, 0) is 55.1 Å². The van der Waals surface area contributed by atoms with Crippen molar-refractivity contribution in [1.82, 2.24) is 4.90 Å². The summed E-state index contributed by atoms with van der Waals surface area (Å²) in [6.45, 7) is 5.87. The minimum absolute atomic E-state index is 0.474. The Bertz CT molecular complexity index is 713. The van der Waals surface area contributed by atoms with E-state index in [1.807, 2.05) is 0 Å². The molecule has 2 aromatic rings. The Labute approximate surface area is 144 Å². The maximum Gasteiger partial charge on any atom is 0.161 e. The van der Waals surface area contributed by atoms with Crippen LogP contribution in [0.5, 0.6) is 11.5 Å². The highest BCUT2D eigenvalue weighted by molar-refractivity contribution is 5.44. The van der Waals surface area contributed by atoms with Crippen LogP contribution in [0.4, 0.5) is 0 Å². The van der Waals surface area contributed by atoms with Gasteiger partial charge in [-0.3, -0.25) is 4.90 Å². The van der Waals surface area contributed by atoms with E-state index in [-0.39, 0.29) is 0 Å². The third-order valence-electron chi connectivity index (χ3n) is 5.15. The standard InChI is InChI=1S/C21H25NO2/c1-16-6-2-3-7-18(16)15-22-11-4-8-19(22)17-9-10-20-21(14-17)24-13-5-12-23-20/h2-3,6-7,9-10,14,19H,4-5,8,11-13,15H2,1H3/t19-/m0/s1. The number of ether oxygens (including phenoxy) is 2. The summed E-state index contributed by atoms with van der Waals surface area (Å²) in [6.07, 6.45) is 3.42. The number of aryl methyl sites for hydroxylation is 1. The van der Waals surface area contributed by atoms with Crippen molar-refractivity contribution in [3.63, 3.8) is 0 Å². The van der Waals surface area contributed by atoms with E-state index in [0.29, 0.717) is 6.04 Å². The van der Waals surface area contributed by atoms with Crippen LogP contribution in [0.25, 0.3) is 0 Å². The second-order valence-corrected chi connectivity index (χ2v) is 6.81. The number of fused-ring (bicyclic) bond motifs is 1. The van der Waals surface area contributed by atoms with Crippen LogP contribution in [0.15, 0.2) is 42.5 Å². The van der Waals surface area contributed by atoms with Crippen molar-refractivity contribution < 1.29 is 9.47 Å². The first-order valence-corrected chi connectivity index (χ1v) is 8.99. The van der Waals surface area contributed by atoms with Crippen molar-refractivity contribution in [2.24, 2.45) is 0 Å². The quantitative estimate of drug-likeness (QED) is 0.830. The zero-order valence-corrected chi connectivity index (χ0v) is 14.3. The third kappa shape index (κ3) is 3.13. The first kappa shape index (κ1) is 15.5. The fraction of sp³-hybridized carbons (Fsp3) is 0.429. The predicted octanol–water partition coefficient (Wildman–Crippen LogP) is 4.49. The lowest BCUT2D eigenvalue weighted by atomic mass is 10.0. The molecule has 2 heterocycles. The Balaban J connectivity index is 1.56.